The van der Waals surface area contributed by atoms with Crippen molar-refractivity contribution < 1.29 is 17.7 Å². The lowest BCUT2D eigenvalue weighted by atomic mass is 10.1. The Morgan fingerprint density at radius 3 is 2.85 bits per heavy atom. The van der Waals surface area contributed by atoms with Gasteiger partial charge in [-0.05, 0) is 25.5 Å². The molecule has 0 saturated heterocycles. The van der Waals surface area contributed by atoms with Crippen LogP contribution in [0.4, 0.5) is 18.3 Å². The third-order valence-electron chi connectivity index (χ3n) is 3.45. The molecule has 11 heteroatoms. The highest BCUT2D eigenvalue weighted by molar-refractivity contribution is 8.01. The molecule has 0 saturated carbocycles. The summed E-state index contributed by atoms with van der Waals surface area (Å²) in [6.45, 7) is 4.73. The number of aromatic nitrogens is 4. The molecule has 0 aliphatic carbocycles. The first-order chi connectivity index (χ1) is 12.9. The summed E-state index contributed by atoms with van der Waals surface area (Å²) >= 11 is 2.81. The second-order valence-electron chi connectivity index (χ2n) is 5.59. The summed E-state index contributed by atoms with van der Waals surface area (Å²) in [5.74, 6) is 0.428. The third-order valence-corrected chi connectivity index (χ3v) is 5.50. The van der Waals surface area contributed by atoms with Crippen molar-refractivity contribution in [1.29, 1.82) is 0 Å². The van der Waals surface area contributed by atoms with Crippen LogP contribution in [0.5, 0.6) is 0 Å². The van der Waals surface area contributed by atoms with Crippen molar-refractivity contribution in [3.8, 4) is 11.4 Å². The summed E-state index contributed by atoms with van der Waals surface area (Å²) in [4.78, 5) is 4.23. The summed E-state index contributed by atoms with van der Waals surface area (Å²) in [7, 11) is 0. The lowest BCUT2D eigenvalue weighted by Crippen LogP contribution is -2.04. The smallest absolute Gasteiger partial charge is 0.360 e. The van der Waals surface area contributed by atoms with Gasteiger partial charge in [0.15, 0.2) is 4.34 Å². The second-order valence-corrected chi connectivity index (χ2v) is 8.16. The highest BCUT2D eigenvalue weighted by Crippen LogP contribution is 2.37. The van der Waals surface area contributed by atoms with Crippen molar-refractivity contribution in [2.75, 3.05) is 11.9 Å². The first kappa shape index (κ1) is 19.6. The zero-order valence-corrected chi connectivity index (χ0v) is 16.1. The molecular weight excluding hydrogens is 399 g/mol. The Morgan fingerprint density at radius 1 is 1.30 bits per heavy atom. The highest BCUT2D eigenvalue weighted by Gasteiger charge is 2.31. The lowest BCUT2D eigenvalue weighted by Gasteiger charge is -2.06. The van der Waals surface area contributed by atoms with Crippen LogP contribution in [0, 0.1) is 0 Å². The molecule has 0 aliphatic rings. The van der Waals surface area contributed by atoms with Crippen LogP contribution >= 0.6 is 23.1 Å². The van der Waals surface area contributed by atoms with Gasteiger partial charge in [-0.2, -0.15) is 18.2 Å². The Kier molecular flexibility index (Phi) is 6.00. The topological polar surface area (TPSA) is 76.7 Å². The van der Waals surface area contributed by atoms with Gasteiger partial charge in [-0.1, -0.05) is 47.3 Å². The Hall–Kier alpha value is -2.14. The van der Waals surface area contributed by atoms with Crippen LogP contribution in [0.15, 0.2) is 33.1 Å². The summed E-state index contributed by atoms with van der Waals surface area (Å²) in [6, 6.07) is 4.84. The number of halogens is 3. The van der Waals surface area contributed by atoms with E-state index < -0.39 is 11.7 Å². The minimum absolute atomic E-state index is 0.117. The van der Waals surface area contributed by atoms with Crippen LogP contribution < -0.4 is 5.32 Å². The molecule has 2 heterocycles. The first-order valence-electron chi connectivity index (χ1n) is 8.12. The monoisotopic (exact) mass is 415 g/mol. The molecule has 1 aromatic carbocycles. The van der Waals surface area contributed by atoms with Crippen molar-refractivity contribution in [1.82, 2.24) is 20.3 Å². The van der Waals surface area contributed by atoms with Gasteiger partial charge >= 0.3 is 6.18 Å². The molecule has 6 nitrogen and oxygen atoms in total. The molecule has 0 amide bonds. The SMILES string of the molecule is CCCNc1nnc(SC(C)c2nc(-c3cccc(C(F)(F)F)c3)no2)s1. The number of nitrogens with one attached hydrogen (secondary N) is 1. The Bertz CT molecular complexity index is 896. The van der Waals surface area contributed by atoms with Gasteiger partial charge in [0.25, 0.3) is 0 Å². The van der Waals surface area contributed by atoms with Crippen molar-refractivity contribution in [3.05, 3.63) is 35.7 Å². The number of nitrogens with zero attached hydrogens (tertiary/aromatic N) is 4. The second kappa shape index (κ2) is 8.26. The molecule has 0 fully saturated rings. The van der Waals surface area contributed by atoms with Crippen LogP contribution in [-0.4, -0.2) is 26.9 Å². The van der Waals surface area contributed by atoms with Crippen LogP contribution in [0.1, 0.15) is 37.0 Å². The van der Waals surface area contributed by atoms with Crippen molar-refractivity contribution in [2.24, 2.45) is 0 Å². The molecule has 0 spiro atoms. The van der Waals surface area contributed by atoms with E-state index in [1.807, 2.05) is 6.92 Å². The van der Waals surface area contributed by atoms with Crippen LogP contribution in [0.2, 0.25) is 0 Å². The molecule has 1 atom stereocenters. The van der Waals surface area contributed by atoms with Gasteiger partial charge in [0, 0.05) is 12.1 Å². The van der Waals surface area contributed by atoms with E-state index in [4.69, 9.17) is 4.52 Å². The predicted molar refractivity (Wildman–Crippen MR) is 97.7 cm³/mol. The van der Waals surface area contributed by atoms with Crippen LogP contribution in [0.25, 0.3) is 11.4 Å². The van der Waals surface area contributed by atoms with E-state index in [9.17, 15) is 13.2 Å². The number of rotatable bonds is 7. The number of benzene rings is 1. The van der Waals surface area contributed by atoms with E-state index in [1.165, 1.54) is 35.2 Å². The zero-order chi connectivity index (χ0) is 19.4. The summed E-state index contributed by atoms with van der Waals surface area (Å²) in [6.07, 6.45) is -3.44. The fourth-order valence-electron chi connectivity index (χ4n) is 2.11. The molecule has 144 valence electrons. The van der Waals surface area contributed by atoms with Gasteiger partial charge in [-0.3, -0.25) is 0 Å². The average molecular weight is 415 g/mol. The quantitative estimate of drug-likeness (QED) is 0.526. The Labute approximate surface area is 161 Å². The van der Waals surface area contributed by atoms with E-state index >= 15 is 0 Å². The average Bonchev–Trinajstić information content (AvgIpc) is 3.29. The minimum Gasteiger partial charge on any atom is -0.360 e. The number of hydrogen-bond donors (Lipinski definition) is 1. The molecule has 0 radical (unpaired) electrons. The molecule has 1 N–H and O–H groups in total. The first-order valence-corrected chi connectivity index (χ1v) is 9.81. The number of thioether (sulfide) groups is 1. The van der Waals surface area contributed by atoms with Gasteiger partial charge in [0.2, 0.25) is 16.8 Å². The molecule has 0 aliphatic heterocycles. The van der Waals surface area contributed by atoms with Gasteiger partial charge in [-0.15, -0.1) is 10.2 Å². The maximum absolute atomic E-state index is 12.9. The maximum atomic E-state index is 12.9. The summed E-state index contributed by atoms with van der Waals surface area (Å²) in [5, 5.41) is 15.6. The highest BCUT2D eigenvalue weighted by atomic mass is 32.2. The zero-order valence-electron chi connectivity index (χ0n) is 14.4. The van der Waals surface area contributed by atoms with Gasteiger partial charge in [0.05, 0.1) is 10.8 Å². The molecule has 3 rings (SSSR count). The Morgan fingerprint density at radius 2 is 2.11 bits per heavy atom. The molecule has 0 bridgehead atoms. The molecule has 2 aromatic heterocycles. The van der Waals surface area contributed by atoms with E-state index in [-0.39, 0.29) is 16.6 Å². The van der Waals surface area contributed by atoms with Crippen molar-refractivity contribution in [3.63, 3.8) is 0 Å². The Balaban J connectivity index is 1.71. The molecule has 3 aromatic rings. The molecular formula is C16H16F3N5OS2. The third kappa shape index (κ3) is 4.98. The van der Waals surface area contributed by atoms with E-state index in [2.05, 4.69) is 32.6 Å². The minimum atomic E-state index is -4.42. The van der Waals surface area contributed by atoms with Crippen LogP contribution in [-0.2, 0) is 6.18 Å². The predicted octanol–water partition coefficient (Wildman–Crippen LogP) is 5.28. The lowest BCUT2D eigenvalue weighted by molar-refractivity contribution is -0.137. The van der Waals surface area contributed by atoms with Crippen molar-refractivity contribution >= 4 is 28.2 Å². The fourth-order valence-corrected chi connectivity index (χ4v) is 4.07. The summed E-state index contributed by atoms with van der Waals surface area (Å²) in [5.41, 5.74) is -0.506. The van der Waals surface area contributed by atoms with Gasteiger partial charge < -0.3 is 9.84 Å². The number of hydrogen-bond acceptors (Lipinski definition) is 8. The number of anilines is 1. The van der Waals surface area contributed by atoms with Gasteiger partial charge in [-0.25, -0.2) is 0 Å². The van der Waals surface area contributed by atoms with Crippen molar-refractivity contribution in [2.45, 2.75) is 36.0 Å². The van der Waals surface area contributed by atoms with E-state index in [0.29, 0.717) is 5.89 Å². The standard InChI is InChI=1S/C16H16F3N5OS2/c1-3-7-20-14-22-23-15(27-14)26-9(2)13-21-12(24-25-13)10-5-4-6-11(8-10)16(17,18)19/h4-6,8-9H,3,7H2,1-2H3,(H,20,22). The molecule has 27 heavy (non-hydrogen) atoms. The fraction of sp³-hybridized carbons (Fsp3) is 0.375. The van der Waals surface area contributed by atoms with Crippen LogP contribution in [0.3, 0.4) is 0 Å². The largest absolute Gasteiger partial charge is 0.416 e. The normalized spacial score (nSPS) is 12.9. The van der Waals surface area contributed by atoms with E-state index in [1.54, 1.807) is 0 Å². The van der Waals surface area contributed by atoms with Gasteiger partial charge in [0.1, 0.15) is 0 Å². The molecule has 1 unspecified atom stereocenters. The number of alkyl halides is 3. The summed E-state index contributed by atoms with van der Waals surface area (Å²) < 4.78 is 44.5. The maximum Gasteiger partial charge on any atom is 0.416 e. The van der Waals surface area contributed by atoms with E-state index in [0.717, 1.165) is 34.6 Å².